The molecule has 0 aliphatic rings. The summed E-state index contributed by atoms with van der Waals surface area (Å²) >= 11 is 0. The van der Waals surface area contributed by atoms with E-state index in [1.807, 2.05) is 43.3 Å². The smallest absolute Gasteiger partial charge is 0.141 e. The Balaban J connectivity index is 2.32. The van der Waals surface area contributed by atoms with Gasteiger partial charge in [-0.25, -0.2) is 4.68 Å². The van der Waals surface area contributed by atoms with Crippen molar-refractivity contribution in [2.24, 2.45) is 0 Å². The Morgan fingerprint density at radius 1 is 1.11 bits per heavy atom. The normalized spacial score (nSPS) is 10.9. The van der Waals surface area contributed by atoms with Gasteiger partial charge in [-0.1, -0.05) is 12.1 Å². The molecule has 18 heavy (non-hydrogen) atoms. The van der Waals surface area contributed by atoms with Crippen molar-refractivity contribution in [1.29, 1.82) is 0 Å². The van der Waals surface area contributed by atoms with Gasteiger partial charge in [0.1, 0.15) is 11.3 Å². The topological polar surface area (TPSA) is 64.1 Å². The molecular formula is C14H13N3O. The molecule has 0 fully saturated rings. The molecule has 0 saturated carbocycles. The highest BCUT2D eigenvalue weighted by atomic mass is 16.3. The van der Waals surface area contributed by atoms with Crippen LogP contribution >= 0.6 is 0 Å². The SMILES string of the molecule is Cc1nn(-c2ccc(N)cc2)c2c(O)cccc12. The minimum absolute atomic E-state index is 0.227. The van der Waals surface area contributed by atoms with Crippen LogP contribution in [0.2, 0.25) is 0 Å². The molecule has 2 aromatic carbocycles. The number of hydrogen-bond acceptors (Lipinski definition) is 3. The summed E-state index contributed by atoms with van der Waals surface area (Å²) in [6.45, 7) is 1.93. The average molecular weight is 239 g/mol. The highest BCUT2D eigenvalue weighted by molar-refractivity contribution is 5.88. The van der Waals surface area contributed by atoms with E-state index in [4.69, 9.17) is 5.73 Å². The first-order valence-corrected chi connectivity index (χ1v) is 5.70. The van der Waals surface area contributed by atoms with Crippen molar-refractivity contribution in [3.63, 3.8) is 0 Å². The summed E-state index contributed by atoms with van der Waals surface area (Å²) < 4.78 is 1.74. The number of rotatable bonds is 1. The number of nitrogen functional groups attached to an aromatic ring is 1. The number of aromatic hydroxyl groups is 1. The van der Waals surface area contributed by atoms with Gasteiger partial charge < -0.3 is 10.8 Å². The van der Waals surface area contributed by atoms with Gasteiger partial charge >= 0.3 is 0 Å². The van der Waals surface area contributed by atoms with Crippen LogP contribution < -0.4 is 5.73 Å². The van der Waals surface area contributed by atoms with Crippen LogP contribution in [0.4, 0.5) is 5.69 Å². The number of anilines is 1. The van der Waals surface area contributed by atoms with Crippen LogP contribution in [0.15, 0.2) is 42.5 Å². The molecule has 0 bridgehead atoms. The molecule has 0 unspecified atom stereocenters. The van der Waals surface area contributed by atoms with E-state index in [0.717, 1.165) is 22.3 Å². The summed E-state index contributed by atoms with van der Waals surface area (Å²) in [5, 5.41) is 15.4. The fourth-order valence-corrected chi connectivity index (χ4v) is 2.10. The standard InChI is InChI=1S/C14H13N3O/c1-9-12-3-2-4-13(18)14(12)17(16-9)11-7-5-10(15)6-8-11/h2-8,18H,15H2,1H3. The van der Waals surface area contributed by atoms with E-state index in [2.05, 4.69) is 5.10 Å². The molecule has 4 nitrogen and oxygen atoms in total. The van der Waals surface area contributed by atoms with Gasteiger partial charge in [0.25, 0.3) is 0 Å². The van der Waals surface area contributed by atoms with Crippen molar-refractivity contribution in [3.05, 3.63) is 48.2 Å². The highest BCUT2D eigenvalue weighted by Crippen LogP contribution is 2.29. The van der Waals surface area contributed by atoms with Gasteiger partial charge in [0.05, 0.1) is 11.4 Å². The Morgan fingerprint density at radius 2 is 1.83 bits per heavy atom. The summed E-state index contributed by atoms with van der Waals surface area (Å²) in [7, 11) is 0. The monoisotopic (exact) mass is 239 g/mol. The second kappa shape index (κ2) is 3.77. The Bertz CT molecular complexity index is 714. The highest BCUT2D eigenvalue weighted by Gasteiger charge is 2.11. The van der Waals surface area contributed by atoms with Gasteiger partial charge in [-0.2, -0.15) is 5.10 Å². The summed E-state index contributed by atoms with van der Waals surface area (Å²) in [5.41, 5.74) is 8.87. The lowest BCUT2D eigenvalue weighted by Gasteiger charge is -2.05. The number of nitrogens with two attached hydrogens (primary N) is 1. The predicted molar refractivity (Wildman–Crippen MR) is 71.9 cm³/mol. The van der Waals surface area contributed by atoms with Gasteiger partial charge in [-0.15, -0.1) is 0 Å². The zero-order chi connectivity index (χ0) is 12.7. The Kier molecular flexibility index (Phi) is 2.23. The van der Waals surface area contributed by atoms with Crippen LogP contribution in [0.1, 0.15) is 5.69 Å². The zero-order valence-corrected chi connectivity index (χ0v) is 9.96. The fraction of sp³-hybridized carbons (Fsp3) is 0.0714. The largest absolute Gasteiger partial charge is 0.506 e. The van der Waals surface area contributed by atoms with E-state index in [1.54, 1.807) is 10.7 Å². The average Bonchev–Trinajstić information content (AvgIpc) is 2.70. The van der Waals surface area contributed by atoms with E-state index in [0.29, 0.717) is 5.69 Å². The van der Waals surface area contributed by atoms with Crippen molar-refractivity contribution >= 4 is 16.6 Å². The van der Waals surface area contributed by atoms with Crippen molar-refractivity contribution in [2.45, 2.75) is 6.92 Å². The third-order valence-corrected chi connectivity index (χ3v) is 3.00. The lowest BCUT2D eigenvalue weighted by atomic mass is 10.2. The number of phenolic OH excluding ortho intramolecular Hbond substituents is 1. The first kappa shape index (κ1) is 10.7. The molecule has 0 aliphatic heterocycles. The van der Waals surface area contributed by atoms with Crippen LogP contribution in [-0.4, -0.2) is 14.9 Å². The summed E-state index contributed by atoms with van der Waals surface area (Å²) in [5.74, 6) is 0.227. The maximum absolute atomic E-state index is 10.00. The fourth-order valence-electron chi connectivity index (χ4n) is 2.10. The maximum atomic E-state index is 10.00. The van der Waals surface area contributed by atoms with E-state index >= 15 is 0 Å². The molecule has 0 radical (unpaired) electrons. The summed E-state index contributed by atoms with van der Waals surface area (Å²) in [6, 6.07) is 12.8. The molecule has 3 aromatic rings. The second-order valence-electron chi connectivity index (χ2n) is 4.26. The number of para-hydroxylation sites is 1. The molecule has 90 valence electrons. The molecule has 1 aromatic heterocycles. The van der Waals surface area contributed by atoms with Crippen molar-refractivity contribution in [1.82, 2.24) is 9.78 Å². The summed E-state index contributed by atoms with van der Waals surface area (Å²) in [4.78, 5) is 0. The van der Waals surface area contributed by atoms with Gasteiger partial charge in [0, 0.05) is 11.1 Å². The molecule has 4 heteroatoms. The van der Waals surface area contributed by atoms with Crippen molar-refractivity contribution < 1.29 is 5.11 Å². The number of nitrogens with zero attached hydrogens (tertiary/aromatic N) is 2. The van der Waals surface area contributed by atoms with Gasteiger partial charge in [-0.05, 0) is 37.3 Å². The van der Waals surface area contributed by atoms with Crippen LogP contribution in [0.5, 0.6) is 5.75 Å². The van der Waals surface area contributed by atoms with Gasteiger partial charge in [0.15, 0.2) is 0 Å². The number of aryl methyl sites for hydroxylation is 1. The predicted octanol–water partition coefficient (Wildman–Crippen LogP) is 2.62. The van der Waals surface area contributed by atoms with E-state index in [1.165, 1.54) is 0 Å². The van der Waals surface area contributed by atoms with Crippen LogP contribution in [-0.2, 0) is 0 Å². The summed E-state index contributed by atoms with van der Waals surface area (Å²) in [6.07, 6.45) is 0. The Labute approximate surface area is 104 Å². The molecule has 0 aliphatic carbocycles. The first-order chi connectivity index (χ1) is 8.66. The van der Waals surface area contributed by atoms with Crippen LogP contribution in [0.3, 0.4) is 0 Å². The second-order valence-corrected chi connectivity index (χ2v) is 4.26. The molecule has 0 atom stereocenters. The third kappa shape index (κ3) is 1.50. The van der Waals surface area contributed by atoms with E-state index < -0.39 is 0 Å². The molecule has 0 saturated heterocycles. The molecule has 3 N–H and O–H groups in total. The number of benzene rings is 2. The molecule has 0 spiro atoms. The lowest BCUT2D eigenvalue weighted by molar-refractivity contribution is 0.479. The van der Waals surface area contributed by atoms with Crippen LogP contribution in [0.25, 0.3) is 16.6 Å². The minimum atomic E-state index is 0.227. The minimum Gasteiger partial charge on any atom is -0.506 e. The Morgan fingerprint density at radius 3 is 2.56 bits per heavy atom. The molecular weight excluding hydrogens is 226 g/mol. The van der Waals surface area contributed by atoms with Crippen LogP contribution in [0, 0.1) is 6.92 Å². The third-order valence-electron chi connectivity index (χ3n) is 3.00. The zero-order valence-electron chi connectivity index (χ0n) is 9.96. The van der Waals surface area contributed by atoms with Crippen molar-refractivity contribution in [3.8, 4) is 11.4 Å². The quantitative estimate of drug-likeness (QED) is 0.641. The molecule has 0 amide bonds. The van der Waals surface area contributed by atoms with Gasteiger partial charge in [0.2, 0.25) is 0 Å². The number of hydrogen-bond donors (Lipinski definition) is 2. The van der Waals surface area contributed by atoms with E-state index in [9.17, 15) is 5.11 Å². The lowest BCUT2D eigenvalue weighted by Crippen LogP contribution is -1.97. The number of fused-ring (bicyclic) bond motifs is 1. The molecule has 3 rings (SSSR count). The number of aromatic nitrogens is 2. The number of phenols is 1. The maximum Gasteiger partial charge on any atom is 0.141 e. The first-order valence-electron chi connectivity index (χ1n) is 5.70. The molecule has 1 heterocycles. The Hall–Kier alpha value is -2.49. The van der Waals surface area contributed by atoms with Crippen molar-refractivity contribution in [2.75, 3.05) is 5.73 Å². The van der Waals surface area contributed by atoms with Gasteiger partial charge in [-0.3, -0.25) is 0 Å². The van der Waals surface area contributed by atoms with E-state index in [-0.39, 0.29) is 5.75 Å².